The minimum absolute atomic E-state index is 0.513. The summed E-state index contributed by atoms with van der Waals surface area (Å²) in [4.78, 5) is 16.6. The smallest absolute Gasteiger partial charge is 0.215 e. The Kier molecular flexibility index (Phi) is 14.4. The number of rotatable bonds is 21. The Balaban J connectivity index is 1.57. The number of fused-ring (bicyclic) bond motifs is 1. The van der Waals surface area contributed by atoms with Crippen LogP contribution in [0.4, 0.5) is 5.82 Å². The van der Waals surface area contributed by atoms with Crippen molar-refractivity contribution in [1.82, 2.24) is 4.98 Å². The van der Waals surface area contributed by atoms with Crippen molar-refractivity contribution in [1.29, 1.82) is 0 Å². The van der Waals surface area contributed by atoms with E-state index in [4.69, 9.17) is 14.2 Å². The molecule has 0 spiro atoms. The van der Waals surface area contributed by atoms with Crippen LogP contribution in [0, 0.1) is 0 Å². The molecule has 2 rings (SSSR count). The van der Waals surface area contributed by atoms with Crippen LogP contribution in [-0.4, -0.2) is 51.5 Å². The number of methoxy groups -OCH3 is 1. The number of hydrogen-bond donors (Lipinski definition) is 1. The molecule has 0 saturated carbocycles. The molecule has 1 heterocycles. The Morgan fingerprint density at radius 1 is 0.848 bits per heavy atom. The zero-order chi connectivity index (χ0) is 23.6. The third-order valence-electron chi connectivity index (χ3n) is 5.90. The van der Waals surface area contributed by atoms with Crippen LogP contribution in [-0.2, 0) is 14.3 Å². The Morgan fingerprint density at radius 3 is 2.24 bits per heavy atom. The van der Waals surface area contributed by atoms with Gasteiger partial charge in [-0.05, 0) is 37.1 Å². The van der Waals surface area contributed by atoms with E-state index in [-0.39, 0.29) is 0 Å². The molecule has 0 aliphatic heterocycles. The van der Waals surface area contributed by atoms with Crippen LogP contribution in [0.15, 0.2) is 24.3 Å². The van der Waals surface area contributed by atoms with E-state index in [0.717, 1.165) is 48.3 Å². The lowest BCUT2D eigenvalue weighted by molar-refractivity contribution is -0.107. The summed E-state index contributed by atoms with van der Waals surface area (Å²) in [5.74, 6) is 1.59. The first kappa shape index (κ1) is 27.2. The SMILES string of the molecule is CCCCCCCCCCCCOCCCN(C=O)c1cc2cc(OCCOC)ccc2[nH]1. The first-order valence-electron chi connectivity index (χ1n) is 12.8. The van der Waals surface area contributed by atoms with Gasteiger partial charge in [0, 0.05) is 37.8 Å². The second-order valence-electron chi connectivity index (χ2n) is 8.69. The molecule has 1 amide bonds. The van der Waals surface area contributed by atoms with Crippen molar-refractivity contribution in [3.05, 3.63) is 24.3 Å². The highest BCUT2D eigenvalue weighted by atomic mass is 16.5. The lowest BCUT2D eigenvalue weighted by Gasteiger charge is -2.15. The van der Waals surface area contributed by atoms with Crippen molar-refractivity contribution < 1.29 is 19.0 Å². The van der Waals surface area contributed by atoms with Gasteiger partial charge in [0.25, 0.3) is 0 Å². The number of nitrogens with one attached hydrogen (secondary N) is 1. The maximum atomic E-state index is 11.6. The molecule has 0 fully saturated rings. The van der Waals surface area contributed by atoms with E-state index in [0.29, 0.717) is 26.4 Å². The molecule has 1 aromatic heterocycles. The second-order valence-corrected chi connectivity index (χ2v) is 8.69. The van der Waals surface area contributed by atoms with E-state index in [9.17, 15) is 4.79 Å². The van der Waals surface area contributed by atoms with Crippen LogP contribution in [0.25, 0.3) is 10.9 Å². The van der Waals surface area contributed by atoms with E-state index in [1.165, 1.54) is 57.8 Å². The van der Waals surface area contributed by atoms with Crippen LogP contribution < -0.4 is 9.64 Å². The number of aromatic nitrogens is 1. The summed E-state index contributed by atoms with van der Waals surface area (Å²) in [7, 11) is 1.65. The van der Waals surface area contributed by atoms with Crippen LogP contribution >= 0.6 is 0 Å². The summed E-state index contributed by atoms with van der Waals surface area (Å²) in [6.45, 7) is 5.46. The van der Waals surface area contributed by atoms with Crippen LogP contribution in [0.5, 0.6) is 5.75 Å². The Bertz CT molecular complexity index is 762. The van der Waals surface area contributed by atoms with Gasteiger partial charge in [-0.25, -0.2) is 0 Å². The monoisotopic (exact) mass is 460 g/mol. The fourth-order valence-electron chi connectivity index (χ4n) is 3.94. The molecule has 2 aromatic rings. The predicted octanol–water partition coefficient (Wildman–Crippen LogP) is 6.48. The van der Waals surface area contributed by atoms with Gasteiger partial charge >= 0.3 is 0 Å². The van der Waals surface area contributed by atoms with Gasteiger partial charge in [-0.3, -0.25) is 4.79 Å². The van der Waals surface area contributed by atoms with Crippen molar-refractivity contribution in [2.75, 3.05) is 45.0 Å². The topological polar surface area (TPSA) is 63.8 Å². The number of nitrogens with zero attached hydrogens (tertiary/aromatic N) is 1. The van der Waals surface area contributed by atoms with Gasteiger partial charge in [0.05, 0.1) is 6.61 Å². The average molecular weight is 461 g/mol. The standard InChI is InChI=1S/C27H44N2O4/c1-3-4-5-6-7-8-9-10-11-12-17-32-18-13-16-29(23-30)27-22-24-21-25(33-20-19-31-2)14-15-26(24)28-27/h14-15,21-23,28H,3-13,16-20H2,1-2H3. The number of H-pyrrole nitrogens is 1. The molecule has 0 aliphatic carbocycles. The van der Waals surface area contributed by atoms with Gasteiger partial charge in [-0.2, -0.15) is 0 Å². The normalized spacial score (nSPS) is 11.2. The molecule has 0 aliphatic rings. The number of carbonyl (C=O) groups is 1. The quantitative estimate of drug-likeness (QED) is 0.171. The summed E-state index contributed by atoms with van der Waals surface area (Å²) >= 11 is 0. The van der Waals surface area contributed by atoms with Gasteiger partial charge in [0.15, 0.2) is 0 Å². The fraction of sp³-hybridized carbons (Fsp3) is 0.667. The molecular formula is C27H44N2O4. The fourth-order valence-corrected chi connectivity index (χ4v) is 3.94. The maximum absolute atomic E-state index is 11.6. The van der Waals surface area contributed by atoms with E-state index in [1.54, 1.807) is 12.0 Å². The highest BCUT2D eigenvalue weighted by Gasteiger charge is 2.09. The Morgan fingerprint density at radius 2 is 1.55 bits per heavy atom. The number of ether oxygens (including phenoxy) is 3. The van der Waals surface area contributed by atoms with Crippen molar-refractivity contribution >= 4 is 23.1 Å². The summed E-state index contributed by atoms with van der Waals surface area (Å²) < 4.78 is 16.5. The largest absolute Gasteiger partial charge is 0.491 e. The molecule has 33 heavy (non-hydrogen) atoms. The highest BCUT2D eigenvalue weighted by molar-refractivity contribution is 5.88. The van der Waals surface area contributed by atoms with Gasteiger partial charge in [-0.15, -0.1) is 0 Å². The molecule has 1 N–H and O–H groups in total. The molecule has 6 nitrogen and oxygen atoms in total. The molecule has 0 radical (unpaired) electrons. The molecule has 186 valence electrons. The number of carbonyl (C=O) groups excluding carboxylic acids is 1. The van der Waals surface area contributed by atoms with E-state index in [2.05, 4.69) is 11.9 Å². The molecule has 0 atom stereocenters. The number of anilines is 1. The summed E-state index contributed by atoms with van der Waals surface area (Å²) in [5, 5.41) is 1.02. The maximum Gasteiger partial charge on any atom is 0.215 e. The zero-order valence-electron chi connectivity index (χ0n) is 20.8. The minimum atomic E-state index is 0.513. The van der Waals surface area contributed by atoms with Crippen LogP contribution in [0.3, 0.4) is 0 Å². The third-order valence-corrected chi connectivity index (χ3v) is 5.90. The van der Waals surface area contributed by atoms with Crippen LogP contribution in [0.2, 0.25) is 0 Å². The number of hydrogen-bond acceptors (Lipinski definition) is 4. The first-order valence-corrected chi connectivity index (χ1v) is 12.8. The van der Waals surface area contributed by atoms with E-state index < -0.39 is 0 Å². The van der Waals surface area contributed by atoms with Crippen molar-refractivity contribution in [3.63, 3.8) is 0 Å². The lowest BCUT2D eigenvalue weighted by atomic mass is 10.1. The molecule has 0 bridgehead atoms. The molecule has 6 heteroatoms. The van der Waals surface area contributed by atoms with Gasteiger partial charge < -0.3 is 24.1 Å². The molecular weight excluding hydrogens is 416 g/mol. The number of unbranched alkanes of at least 4 members (excludes halogenated alkanes) is 9. The predicted molar refractivity (Wildman–Crippen MR) is 136 cm³/mol. The summed E-state index contributed by atoms with van der Waals surface area (Å²) in [5.41, 5.74) is 0.980. The van der Waals surface area contributed by atoms with Crippen molar-refractivity contribution in [2.45, 2.75) is 77.6 Å². The van der Waals surface area contributed by atoms with Gasteiger partial charge in [-0.1, -0.05) is 64.7 Å². The Labute approximate surface area is 200 Å². The molecule has 0 saturated heterocycles. The molecule has 1 aromatic carbocycles. The van der Waals surface area contributed by atoms with E-state index in [1.807, 2.05) is 24.3 Å². The summed E-state index contributed by atoms with van der Waals surface area (Å²) in [6.07, 6.45) is 15.0. The molecule has 0 unspecified atom stereocenters. The Hall–Kier alpha value is -2.05. The third kappa shape index (κ3) is 11.1. The first-order chi connectivity index (χ1) is 16.3. The lowest BCUT2D eigenvalue weighted by Crippen LogP contribution is -2.23. The number of amides is 1. The van der Waals surface area contributed by atoms with E-state index >= 15 is 0 Å². The summed E-state index contributed by atoms with van der Waals surface area (Å²) in [6, 6.07) is 7.85. The second kappa shape index (κ2) is 17.4. The van der Waals surface area contributed by atoms with Crippen LogP contribution in [0.1, 0.15) is 77.6 Å². The number of aromatic amines is 1. The zero-order valence-corrected chi connectivity index (χ0v) is 20.8. The highest BCUT2D eigenvalue weighted by Crippen LogP contribution is 2.25. The van der Waals surface area contributed by atoms with Crippen molar-refractivity contribution in [2.24, 2.45) is 0 Å². The average Bonchev–Trinajstić information content (AvgIpc) is 3.25. The minimum Gasteiger partial charge on any atom is -0.491 e. The van der Waals surface area contributed by atoms with Gasteiger partial charge in [0.2, 0.25) is 6.41 Å². The van der Waals surface area contributed by atoms with Gasteiger partial charge in [0.1, 0.15) is 18.2 Å². The van der Waals surface area contributed by atoms with Crippen molar-refractivity contribution in [3.8, 4) is 5.75 Å². The number of benzene rings is 1.